The van der Waals surface area contributed by atoms with Gasteiger partial charge in [0.2, 0.25) is 17.7 Å². The highest BCUT2D eigenvalue weighted by atomic mass is 16.5. The van der Waals surface area contributed by atoms with Crippen LogP contribution >= 0.6 is 0 Å². The van der Waals surface area contributed by atoms with Crippen LogP contribution in [0.1, 0.15) is 100 Å². The summed E-state index contributed by atoms with van der Waals surface area (Å²) in [6, 6.07) is 34.8. The van der Waals surface area contributed by atoms with Crippen molar-refractivity contribution in [1.29, 1.82) is 0 Å². The number of anilines is 5. The van der Waals surface area contributed by atoms with Gasteiger partial charge < -0.3 is 49.4 Å². The Morgan fingerprint density at radius 1 is 0.562 bits per heavy atom. The third kappa shape index (κ3) is 16.5. The number of urea groups is 2. The van der Waals surface area contributed by atoms with Gasteiger partial charge >= 0.3 is 24.0 Å². The molecule has 0 saturated carbocycles. The second-order valence-corrected chi connectivity index (χ2v) is 20.5. The van der Waals surface area contributed by atoms with E-state index < -0.39 is 24.0 Å². The van der Waals surface area contributed by atoms with Gasteiger partial charge in [-0.05, 0) is 90.3 Å². The predicted octanol–water partition coefficient (Wildman–Crippen LogP) is 12.7. The molecule has 9 rings (SSSR count). The van der Waals surface area contributed by atoms with E-state index >= 15 is 0 Å². The van der Waals surface area contributed by atoms with Crippen molar-refractivity contribution in [1.82, 2.24) is 25.6 Å². The Kier molecular flexibility index (Phi) is 18.8. The van der Waals surface area contributed by atoms with Crippen LogP contribution in [0.4, 0.5) is 44.1 Å². The van der Waals surface area contributed by atoms with Crippen molar-refractivity contribution in [2.45, 2.75) is 78.6 Å². The minimum atomic E-state index is -1.02. The molecule has 4 aromatic heterocycles. The molecule has 414 valence electrons. The fraction of sp³-hybridized carbons (Fsp3) is 0.228. The molecule has 80 heavy (non-hydrogen) atoms. The fourth-order valence-corrected chi connectivity index (χ4v) is 6.76. The number of aliphatic imine (C=N–C) groups is 1. The SMILES string of the molecule is CC(C)(C)c1cc(N=C=O)no1.CC(C)(C)c1cc(NC(=O)Nc2ccc(C(=O)O)cc2)no1.COc1ccc(-c2noc(-c3ccc(NC(=O)Nc4cc(C(C)(C)C)on4)cc3)n2)c2ccccc12.Nc1ccc(C(=O)O)cc1. The van der Waals surface area contributed by atoms with Crippen LogP contribution in [0.5, 0.6) is 5.75 Å². The van der Waals surface area contributed by atoms with Crippen molar-refractivity contribution in [3.05, 3.63) is 156 Å². The lowest BCUT2D eigenvalue weighted by molar-refractivity contribution is 0.0686. The van der Waals surface area contributed by atoms with E-state index in [1.807, 2.05) is 98.7 Å². The number of aromatic nitrogens is 5. The molecule has 0 fully saturated rings. The van der Waals surface area contributed by atoms with E-state index in [1.165, 1.54) is 42.5 Å². The third-order valence-electron chi connectivity index (χ3n) is 11.1. The van der Waals surface area contributed by atoms with Gasteiger partial charge in [-0.25, -0.2) is 24.0 Å². The van der Waals surface area contributed by atoms with E-state index in [0.29, 0.717) is 57.7 Å². The summed E-state index contributed by atoms with van der Waals surface area (Å²) in [5.41, 5.74) is 8.45. The zero-order chi connectivity index (χ0) is 58.4. The van der Waals surface area contributed by atoms with Crippen LogP contribution in [0.25, 0.3) is 33.6 Å². The van der Waals surface area contributed by atoms with Gasteiger partial charge in [0.25, 0.3) is 5.89 Å². The van der Waals surface area contributed by atoms with Crippen molar-refractivity contribution in [2.24, 2.45) is 4.99 Å². The number of amides is 4. The normalized spacial score (nSPS) is 11.0. The zero-order valence-electron chi connectivity index (χ0n) is 45.4. The molecule has 0 atom stereocenters. The average molecular weight is 1090 g/mol. The monoisotopic (exact) mass is 1090 g/mol. The molecular formula is C57H59N11O12. The summed E-state index contributed by atoms with van der Waals surface area (Å²) in [4.78, 5) is 63.0. The van der Waals surface area contributed by atoms with Crippen LogP contribution < -0.4 is 31.7 Å². The number of aromatic carboxylic acids is 2. The van der Waals surface area contributed by atoms with Gasteiger partial charge in [-0.15, -0.1) is 4.99 Å². The van der Waals surface area contributed by atoms with Crippen LogP contribution in [0.15, 0.2) is 150 Å². The number of nitrogens with zero attached hydrogens (tertiary/aromatic N) is 6. The highest BCUT2D eigenvalue weighted by molar-refractivity contribution is 6.01. The first kappa shape index (κ1) is 58.8. The number of nitrogen functional groups attached to an aromatic ring is 1. The first-order valence-corrected chi connectivity index (χ1v) is 24.4. The number of ether oxygens (including phenoxy) is 1. The molecule has 0 aliphatic heterocycles. The van der Waals surface area contributed by atoms with E-state index in [1.54, 1.807) is 61.7 Å². The maximum Gasteiger partial charge on any atom is 0.335 e. The lowest BCUT2D eigenvalue weighted by atomic mass is 9.93. The molecule has 9 aromatic rings. The van der Waals surface area contributed by atoms with Crippen LogP contribution in [0, 0.1) is 0 Å². The van der Waals surface area contributed by atoms with Crippen molar-refractivity contribution in [2.75, 3.05) is 34.1 Å². The smallest absolute Gasteiger partial charge is 0.335 e. The minimum Gasteiger partial charge on any atom is -0.496 e. The van der Waals surface area contributed by atoms with E-state index in [2.05, 4.69) is 51.9 Å². The highest BCUT2D eigenvalue weighted by Gasteiger charge is 2.23. The molecule has 0 spiro atoms. The maximum atomic E-state index is 12.4. The first-order valence-electron chi connectivity index (χ1n) is 24.4. The van der Waals surface area contributed by atoms with Crippen LogP contribution in [-0.2, 0) is 21.0 Å². The topological polar surface area (TPSA) is 339 Å². The molecule has 5 aromatic carbocycles. The Hall–Kier alpha value is -10.4. The van der Waals surface area contributed by atoms with Gasteiger partial charge in [-0.2, -0.15) is 4.98 Å². The van der Waals surface area contributed by atoms with Crippen LogP contribution in [-0.4, -0.2) is 73.0 Å². The largest absolute Gasteiger partial charge is 0.496 e. The number of carbonyl (C=O) groups excluding carboxylic acids is 3. The Morgan fingerprint density at radius 3 is 1.48 bits per heavy atom. The first-order chi connectivity index (χ1) is 37.8. The predicted molar refractivity (Wildman–Crippen MR) is 299 cm³/mol. The fourth-order valence-electron chi connectivity index (χ4n) is 6.76. The second kappa shape index (κ2) is 25.6. The van der Waals surface area contributed by atoms with Gasteiger partial charge in [0.1, 0.15) is 23.0 Å². The molecule has 23 heteroatoms. The quantitative estimate of drug-likeness (QED) is 0.0380. The van der Waals surface area contributed by atoms with Crippen molar-refractivity contribution in [3.63, 3.8) is 0 Å². The molecule has 0 bridgehead atoms. The summed E-state index contributed by atoms with van der Waals surface area (Å²) >= 11 is 0. The van der Waals surface area contributed by atoms with Crippen LogP contribution in [0.2, 0.25) is 0 Å². The minimum absolute atomic E-state index is 0.107. The summed E-state index contributed by atoms with van der Waals surface area (Å²) < 4.78 is 26.4. The van der Waals surface area contributed by atoms with Gasteiger partial charge in [-0.1, -0.05) is 107 Å². The summed E-state index contributed by atoms with van der Waals surface area (Å²) in [6.45, 7) is 17.9. The maximum absolute atomic E-state index is 12.4. The molecule has 4 heterocycles. The van der Waals surface area contributed by atoms with E-state index in [-0.39, 0.29) is 33.2 Å². The van der Waals surface area contributed by atoms with Crippen LogP contribution in [0.3, 0.4) is 0 Å². The standard InChI is InChI=1S/C27H25N5O4.C15H17N3O4.C8H10N2O2.C7H7NO2/c1-27(2,3)22-15-23(31-35-22)29-26(33)28-17-11-9-16(10-12-17)25-30-24(32-36-25)20-13-14-21(34-4)19-8-6-5-7-18(19)20;1-15(2,3)11-8-12(18-22-11)17-14(21)16-10-6-4-9(5-7-10)13(19)20;1-8(2,3)6-4-7(9-5-11)10-12-6;8-6-3-1-5(2-4-6)7(9)10/h5-15H,1-4H3,(H2,28,29,31,33);4-8H,1-3H3,(H,19,20)(H2,16,17,18,21);4H,1-3H3;1-4H,8H2,(H,9,10). The summed E-state index contributed by atoms with van der Waals surface area (Å²) in [7, 11) is 1.65. The number of isocyanates is 1. The van der Waals surface area contributed by atoms with Gasteiger partial charge in [0.15, 0.2) is 11.6 Å². The number of nitrogens with two attached hydrogens (primary N) is 1. The average Bonchev–Trinajstić information content (AvgIpc) is 4.27. The Morgan fingerprint density at radius 2 is 1.02 bits per heavy atom. The number of carboxylic acids is 2. The molecule has 0 saturated heterocycles. The molecule has 0 aliphatic rings. The summed E-state index contributed by atoms with van der Waals surface area (Å²) in [5.74, 6) is 2.66. The summed E-state index contributed by atoms with van der Waals surface area (Å²) in [6.07, 6.45) is 1.40. The number of hydrogen-bond donors (Lipinski definition) is 7. The zero-order valence-corrected chi connectivity index (χ0v) is 45.4. The summed E-state index contributed by atoms with van der Waals surface area (Å²) in [5, 5.41) is 45.2. The Balaban J connectivity index is 0.000000197. The Bertz CT molecular complexity index is 3610. The van der Waals surface area contributed by atoms with Gasteiger partial charge in [0.05, 0.1) is 18.2 Å². The van der Waals surface area contributed by atoms with E-state index in [9.17, 15) is 24.0 Å². The lowest BCUT2D eigenvalue weighted by Gasteiger charge is -2.12. The number of rotatable bonds is 10. The number of carboxylic acid groups (broad SMARTS) is 2. The molecule has 0 unspecified atom stereocenters. The van der Waals surface area contributed by atoms with E-state index in [0.717, 1.165) is 27.6 Å². The number of benzene rings is 5. The second-order valence-electron chi connectivity index (χ2n) is 20.5. The molecule has 8 N–H and O–H groups in total. The van der Waals surface area contributed by atoms with Gasteiger partial charge in [0, 0.05) is 68.0 Å². The number of fused-ring (bicyclic) bond motifs is 1. The number of hydrogen-bond acceptors (Lipinski definition) is 17. The molecule has 23 nitrogen and oxygen atoms in total. The third-order valence-corrected chi connectivity index (χ3v) is 11.1. The van der Waals surface area contributed by atoms with E-state index in [4.69, 9.17) is 38.8 Å². The van der Waals surface area contributed by atoms with Crippen molar-refractivity contribution < 1.29 is 57.0 Å². The lowest BCUT2D eigenvalue weighted by Crippen LogP contribution is -2.19. The van der Waals surface area contributed by atoms with Crippen molar-refractivity contribution >= 4 is 75.4 Å². The van der Waals surface area contributed by atoms with Crippen molar-refractivity contribution in [3.8, 4) is 28.6 Å². The molecule has 0 radical (unpaired) electrons. The molecule has 4 amide bonds. The number of nitrogens with one attached hydrogen (secondary N) is 4. The highest BCUT2D eigenvalue weighted by Crippen LogP contribution is 2.34. The molecular weight excluding hydrogens is 1030 g/mol. The Labute approximate surface area is 458 Å². The number of methoxy groups -OCH3 is 1. The van der Waals surface area contributed by atoms with Gasteiger partial charge in [-0.3, -0.25) is 10.6 Å². The number of carbonyl (C=O) groups is 4. The molecule has 0 aliphatic carbocycles.